The van der Waals surface area contributed by atoms with Crippen LogP contribution in [0.2, 0.25) is 0 Å². The van der Waals surface area contributed by atoms with Crippen molar-refractivity contribution in [3.63, 3.8) is 0 Å². The molecular formula is C12H6Br2N2O. The van der Waals surface area contributed by atoms with Crippen LogP contribution in [0.5, 0.6) is 5.75 Å². The number of benzene rings is 1. The molecule has 0 aliphatic carbocycles. The molecule has 0 aliphatic heterocycles. The van der Waals surface area contributed by atoms with Crippen LogP contribution in [0.3, 0.4) is 0 Å². The zero-order chi connectivity index (χ0) is 12.0. The van der Waals surface area contributed by atoms with Crippen LogP contribution in [0.15, 0.2) is 45.5 Å². The highest BCUT2D eigenvalue weighted by molar-refractivity contribution is 9.11. The first-order valence-electron chi connectivity index (χ1n) is 4.93. The van der Waals surface area contributed by atoms with Crippen LogP contribution in [0.4, 0.5) is 0 Å². The van der Waals surface area contributed by atoms with Crippen LogP contribution in [0, 0.1) is 0 Å². The predicted molar refractivity (Wildman–Crippen MR) is 69.7 cm³/mol. The first-order valence-corrected chi connectivity index (χ1v) is 6.52. The molecule has 0 N–H and O–H groups in total. The fourth-order valence-corrected chi connectivity index (χ4v) is 3.09. The van der Waals surface area contributed by atoms with E-state index in [9.17, 15) is 5.11 Å². The molecule has 17 heavy (non-hydrogen) atoms. The molecule has 3 aromatic rings. The standard InChI is InChI=1S/C12H6Br2N2O/c13-7-5-8-11(9(14)6-7)15-16-4-2-1-3-10(16)12(8)17/h1-6H. The van der Waals surface area contributed by atoms with Gasteiger partial charge in [0.2, 0.25) is 11.7 Å². The number of aromatic nitrogens is 2. The van der Waals surface area contributed by atoms with Gasteiger partial charge < -0.3 is 5.11 Å². The molecule has 84 valence electrons. The highest BCUT2D eigenvalue weighted by Crippen LogP contribution is 2.31. The normalized spacial score (nSPS) is 11.2. The number of rotatable bonds is 0. The second-order valence-electron chi connectivity index (χ2n) is 3.64. The van der Waals surface area contributed by atoms with Crippen molar-refractivity contribution in [3.05, 3.63) is 45.5 Å². The van der Waals surface area contributed by atoms with Gasteiger partial charge in [-0.05, 0) is 39.9 Å². The van der Waals surface area contributed by atoms with E-state index in [1.165, 1.54) is 0 Å². The van der Waals surface area contributed by atoms with Gasteiger partial charge >= 0.3 is 0 Å². The summed E-state index contributed by atoms with van der Waals surface area (Å²) in [5, 5.41) is 17.3. The van der Waals surface area contributed by atoms with Crippen molar-refractivity contribution in [2.75, 3.05) is 0 Å². The number of hydrogen-bond donors (Lipinski definition) is 0. The van der Waals surface area contributed by atoms with Gasteiger partial charge in [0, 0.05) is 27.1 Å². The maximum absolute atomic E-state index is 12.3. The summed E-state index contributed by atoms with van der Waals surface area (Å²) in [6.45, 7) is 0. The molecule has 0 spiro atoms. The second-order valence-corrected chi connectivity index (χ2v) is 5.41. The summed E-state index contributed by atoms with van der Waals surface area (Å²) in [5.41, 5.74) is 1.24. The maximum Gasteiger partial charge on any atom is 0.231 e. The van der Waals surface area contributed by atoms with Crippen molar-refractivity contribution in [2.24, 2.45) is 0 Å². The third-order valence-corrected chi connectivity index (χ3v) is 3.61. The minimum absolute atomic E-state index is 0.0161. The molecule has 0 atom stereocenters. The van der Waals surface area contributed by atoms with Gasteiger partial charge in [-0.3, -0.25) is 0 Å². The SMILES string of the molecule is [O-]c1c2cc(Br)cc(Br)c2n[n+]2ccccc12. The molecule has 0 fully saturated rings. The average molecular weight is 354 g/mol. The van der Waals surface area contributed by atoms with Gasteiger partial charge in [-0.15, -0.1) is 0 Å². The lowest BCUT2D eigenvalue weighted by atomic mass is 10.2. The Bertz CT molecular complexity index is 743. The van der Waals surface area contributed by atoms with Crippen LogP contribution in [-0.2, 0) is 0 Å². The van der Waals surface area contributed by atoms with E-state index < -0.39 is 0 Å². The number of pyridine rings is 1. The van der Waals surface area contributed by atoms with Gasteiger partial charge in [0.15, 0.2) is 5.52 Å². The third-order valence-electron chi connectivity index (χ3n) is 2.55. The molecule has 2 aromatic heterocycles. The summed E-state index contributed by atoms with van der Waals surface area (Å²) >= 11 is 6.80. The molecule has 0 amide bonds. The number of halogens is 2. The van der Waals surface area contributed by atoms with E-state index in [4.69, 9.17) is 0 Å². The highest BCUT2D eigenvalue weighted by Gasteiger charge is 2.12. The van der Waals surface area contributed by atoms with Gasteiger partial charge in [0.05, 0.1) is 4.47 Å². The molecule has 5 heteroatoms. The monoisotopic (exact) mass is 352 g/mol. The van der Waals surface area contributed by atoms with E-state index in [2.05, 4.69) is 37.0 Å². The molecule has 3 rings (SSSR count). The smallest absolute Gasteiger partial charge is 0.231 e. The number of nitrogens with zero attached hydrogens (tertiary/aromatic N) is 2. The molecule has 3 nitrogen and oxygen atoms in total. The van der Waals surface area contributed by atoms with Crippen LogP contribution < -0.4 is 9.62 Å². The molecule has 0 saturated carbocycles. The summed E-state index contributed by atoms with van der Waals surface area (Å²) < 4.78 is 3.26. The molecule has 0 radical (unpaired) electrons. The van der Waals surface area contributed by atoms with Crippen molar-refractivity contribution in [1.29, 1.82) is 0 Å². The van der Waals surface area contributed by atoms with Gasteiger partial charge in [0.25, 0.3) is 0 Å². The maximum atomic E-state index is 12.3. The average Bonchev–Trinajstić information content (AvgIpc) is 2.31. The second kappa shape index (κ2) is 3.92. The largest absolute Gasteiger partial charge is 0.867 e. The lowest BCUT2D eigenvalue weighted by Crippen LogP contribution is -2.27. The Labute approximate surface area is 114 Å². The molecule has 2 heterocycles. The highest BCUT2D eigenvalue weighted by atomic mass is 79.9. The summed E-state index contributed by atoms with van der Waals surface area (Å²) in [6, 6.07) is 9.12. The first-order chi connectivity index (χ1) is 8.16. The summed E-state index contributed by atoms with van der Waals surface area (Å²) in [7, 11) is 0. The van der Waals surface area contributed by atoms with Crippen molar-refractivity contribution >= 4 is 48.3 Å². The Balaban J connectivity index is 2.59. The number of hydrogen-bond acceptors (Lipinski definition) is 2. The van der Waals surface area contributed by atoms with Gasteiger partial charge in [-0.1, -0.05) is 20.4 Å². The topological polar surface area (TPSA) is 40.1 Å². The lowest BCUT2D eigenvalue weighted by molar-refractivity contribution is -0.580. The Morgan fingerprint density at radius 1 is 1.18 bits per heavy atom. The van der Waals surface area contributed by atoms with E-state index in [0.29, 0.717) is 16.4 Å². The van der Waals surface area contributed by atoms with Crippen molar-refractivity contribution in [3.8, 4) is 5.75 Å². The van der Waals surface area contributed by atoms with Crippen LogP contribution in [0.1, 0.15) is 0 Å². The van der Waals surface area contributed by atoms with Crippen LogP contribution in [0.25, 0.3) is 16.4 Å². The summed E-state index contributed by atoms with van der Waals surface area (Å²) in [5.74, 6) is -0.0161. The zero-order valence-corrected chi connectivity index (χ0v) is 11.7. The zero-order valence-electron chi connectivity index (χ0n) is 8.52. The Kier molecular flexibility index (Phi) is 2.52. The summed E-state index contributed by atoms with van der Waals surface area (Å²) in [6.07, 6.45) is 1.77. The summed E-state index contributed by atoms with van der Waals surface area (Å²) in [4.78, 5) is 0. The van der Waals surface area contributed by atoms with E-state index in [1.54, 1.807) is 22.8 Å². The van der Waals surface area contributed by atoms with Crippen molar-refractivity contribution < 1.29 is 9.62 Å². The third kappa shape index (κ3) is 1.70. The van der Waals surface area contributed by atoms with Crippen molar-refractivity contribution in [1.82, 2.24) is 5.10 Å². The molecular weight excluding hydrogens is 348 g/mol. The Hall–Kier alpha value is -1.20. The van der Waals surface area contributed by atoms with Crippen molar-refractivity contribution in [2.45, 2.75) is 0 Å². The van der Waals surface area contributed by atoms with Gasteiger partial charge in [0.1, 0.15) is 0 Å². The van der Waals surface area contributed by atoms with E-state index in [0.717, 1.165) is 8.95 Å². The van der Waals surface area contributed by atoms with Crippen LogP contribution in [-0.4, -0.2) is 5.10 Å². The molecule has 0 bridgehead atoms. The first kappa shape index (κ1) is 10.9. The van der Waals surface area contributed by atoms with Gasteiger partial charge in [-0.25, -0.2) is 0 Å². The molecule has 0 aliphatic rings. The fraction of sp³-hybridized carbons (Fsp3) is 0. The van der Waals surface area contributed by atoms with Crippen LogP contribution >= 0.6 is 31.9 Å². The Morgan fingerprint density at radius 2 is 2.00 bits per heavy atom. The van der Waals surface area contributed by atoms with Gasteiger partial charge in [-0.2, -0.15) is 0 Å². The molecule has 0 saturated heterocycles. The minimum Gasteiger partial charge on any atom is -0.867 e. The van der Waals surface area contributed by atoms with E-state index in [1.807, 2.05) is 18.2 Å². The molecule has 0 unspecified atom stereocenters. The predicted octanol–water partition coefficient (Wildman–Crippen LogP) is 2.57. The lowest BCUT2D eigenvalue weighted by Gasteiger charge is -2.09. The fourth-order valence-electron chi connectivity index (χ4n) is 1.79. The number of fused-ring (bicyclic) bond motifs is 2. The minimum atomic E-state index is -0.0161. The van der Waals surface area contributed by atoms with E-state index >= 15 is 0 Å². The Morgan fingerprint density at radius 3 is 2.82 bits per heavy atom. The van der Waals surface area contributed by atoms with E-state index in [-0.39, 0.29) is 5.75 Å². The quantitative estimate of drug-likeness (QED) is 0.460. The molecule has 1 aromatic carbocycles.